The average molecular weight is 573 g/mol. The Morgan fingerprint density at radius 2 is 1.26 bits per heavy atom. The first-order valence-corrected chi connectivity index (χ1v) is 13.3. The van der Waals surface area contributed by atoms with Gasteiger partial charge in [0.15, 0.2) is 0 Å². The van der Waals surface area contributed by atoms with Gasteiger partial charge in [0.1, 0.15) is 0 Å². The highest BCUT2D eigenvalue weighted by Crippen LogP contribution is 2.32. The summed E-state index contributed by atoms with van der Waals surface area (Å²) in [6.07, 6.45) is 3.11. The average Bonchev–Trinajstić information content (AvgIpc) is 2.97. The second kappa shape index (κ2) is 14.8. The summed E-state index contributed by atoms with van der Waals surface area (Å²) in [4.78, 5) is 30.5. The predicted octanol–water partition coefficient (Wildman–Crippen LogP) is 7.36. The van der Waals surface area contributed by atoms with E-state index in [9.17, 15) is 18.4 Å². The molecule has 2 aromatic heterocycles. The molecule has 6 nitrogen and oxygen atoms in total. The van der Waals surface area contributed by atoms with Crippen LogP contribution >= 0.6 is 0 Å². The van der Waals surface area contributed by atoms with E-state index >= 15 is 0 Å². The van der Waals surface area contributed by atoms with Gasteiger partial charge in [-0.3, -0.25) is 9.59 Å². The third kappa shape index (κ3) is 8.16. The molecule has 0 fully saturated rings. The minimum Gasteiger partial charge on any atom is -0.469 e. The molecule has 2 heterocycles. The Kier molecular flexibility index (Phi) is 11.2. The molecule has 0 aliphatic heterocycles. The Morgan fingerprint density at radius 1 is 0.786 bits per heavy atom. The summed E-state index contributed by atoms with van der Waals surface area (Å²) in [5, 5.41) is 0. The number of methoxy groups -OCH3 is 2. The molecule has 0 N–H and O–H groups in total. The number of halogens is 2. The molecule has 4 aromatic rings. The van der Waals surface area contributed by atoms with Gasteiger partial charge in [-0.1, -0.05) is 62.4 Å². The van der Waals surface area contributed by atoms with E-state index < -0.39 is 11.9 Å². The lowest BCUT2D eigenvalue weighted by molar-refractivity contribution is -0.140. The number of hydrogen-bond donors (Lipinski definition) is 0. The van der Waals surface area contributed by atoms with Gasteiger partial charge < -0.3 is 9.47 Å². The maximum Gasteiger partial charge on any atom is 0.310 e. The molecule has 2 aromatic carbocycles. The van der Waals surface area contributed by atoms with Crippen LogP contribution in [-0.2, 0) is 31.9 Å². The van der Waals surface area contributed by atoms with E-state index in [1.807, 2.05) is 43.3 Å². The number of ether oxygens (including phenoxy) is 2. The zero-order chi connectivity index (χ0) is 30.8. The summed E-state index contributed by atoms with van der Waals surface area (Å²) in [6.45, 7) is 9.93. The van der Waals surface area contributed by atoms with Crippen LogP contribution in [0.2, 0.25) is 0 Å². The fourth-order valence-electron chi connectivity index (χ4n) is 4.63. The second-order valence-electron chi connectivity index (χ2n) is 9.88. The van der Waals surface area contributed by atoms with Gasteiger partial charge in [-0.05, 0) is 69.5 Å². The van der Waals surface area contributed by atoms with E-state index in [0.717, 1.165) is 39.0 Å². The van der Waals surface area contributed by atoms with Crippen molar-refractivity contribution in [2.75, 3.05) is 14.2 Å². The summed E-state index contributed by atoms with van der Waals surface area (Å²) in [7, 11) is 2.71. The van der Waals surface area contributed by atoms with Crippen LogP contribution in [0.1, 0.15) is 48.9 Å². The van der Waals surface area contributed by atoms with Gasteiger partial charge in [0, 0.05) is 24.5 Å². The Labute approximate surface area is 245 Å². The molecule has 0 atom stereocenters. The molecule has 0 spiro atoms. The van der Waals surface area contributed by atoms with Crippen molar-refractivity contribution in [1.29, 1.82) is 0 Å². The van der Waals surface area contributed by atoms with Gasteiger partial charge in [-0.25, -0.2) is 9.97 Å². The van der Waals surface area contributed by atoms with E-state index in [4.69, 9.17) is 9.47 Å². The largest absolute Gasteiger partial charge is 0.469 e. The third-order valence-corrected chi connectivity index (χ3v) is 6.64. The first-order chi connectivity index (χ1) is 20.0. The highest BCUT2D eigenvalue weighted by molar-refractivity contribution is 5.83. The number of pyridine rings is 2. The predicted molar refractivity (Wildman–Crippen MR) is 159 cm³/mol. The summed E-state index contributed by atoms with van der Waals surface area (Å²) in [5.41, 5.74) is 7.44. The number of aromatic nitrogens is 2. The van der Waals surface area contributed by atoms with Crippen molar-refractivity contribution in [1.82, 2.24) is 9.97 Å². The molecule has 42 heavy (non-hydrogen) atoms. The normalized spacial score (nSPS) is 10.5. The summed E-state index contributed by atoms with van der Waals surface area (Å²) in [6, 6.07) is 17.6. The molecule has 8 heteroatoms. The van der Waals surface area contributed by atoms with Crippen LogP contribution in [0, 0.1) is 11.9 Å². The van der Waals surface area contributed by atoms with Crippen LogP contribution in [-0.4, -0.2) is 36.1 Å². The maximum atomic E-state index is 13.4. The zero-order valence-electron chi connectivity index (χ0n) is 24.4. The van der Waals surface area contributed by atoms with Gasteiger partial charge in [0.2, 0.25) is 11.9 Å². The molecule has 0 saturated carbocycles. The maximum absolute atomic E-state index is 13.4. The third-order valence-electron chi connectivity index (χ3n) is 6.64. The molecular formula is C34H34F2N2O4. The number of hydrogen-bond acceptors (Lipinski definition) is 6. The van der Waals surface area contributed by atoms with Crippen molar-refractivity contribution < 1.29 is 27.8 Å². The fraction of sp³-hybridized carbons (Fsp3) is 0.235. The molecule has 0 saturated heterocycles. The van der Waals surface area contributed by atoms with Crippen molar-refractivity contribution in [2.45, 2.75) is 39.5 Å². The summed E-state index contributed by atoms with van der Waals surface area (Å²) >= 11 is 0. The van der Waals surface area contributed by atoms with E-state index in [1.165, 1.54) is 38.7 Å². The van der Waals surface area contributed by atoms with Gasteiger partial charge in [0.25, 0.3) is 0 Å². The van der Waals surface area contributed by atoms with Gasteiger partial charge >= 0.3 is 11.9 Å². The second-order valence-corrected chi connectivity index (χ2v) is 9.88. The quantitative estimate of drug-likeness (QED) is 0.162. The number of carbonyl (C=O) groups excluding carboxylic acids is 2. The van der Waals surface area contributed by atoms with Crippen molar-refractivity contribution in [3.63, 3.8) is 0 Å². The first kappa shape index (κ1) is 31.8. The minimum absolute atomic E-state index is 0.110. The molecule has 0 amide bonds. The first-order valence-electron chi connectivity index (χ1n) is 13.3. The highest BCUT2D eigenvalue weighted by Gasteiger charge is 2.17. The lowest BCUT2D eigenvalue weighted by Gasteiger charge is -2.17. The Bertz CT molecular complexity index is 1580. The Morgan fingerprint density at radius 3 is 1.71 bits per heavy atom. The van der Waals surface area contributed by atoms with E-state index in [-0.39, 0.29) is 30.7 Å². The van der Waals surface area contributed by atoms with Crippen molar-refractivity contribution >= 4 is 17.5 Å². The highest BCUT2D eigenvalue weighted by atomic mass is 19.1. The summed E-state index contributed by atoms with van der Waals surface area (Å²) < 4.78 is 36.2. The van der Waals surface area contributed by atoms with Crippen LogP contribution in [0.4, 0.5) is 8.78 Å². The molecule has 4 rings (SSSR count). The number of nitrogens with zero attached hydrogens (tertiary/aromatic N) is 2. The topological polar surface area (TPSA) is 78.4 Å². The standard InChI is InChI=1S/C17H18FNO2.C17H16FNO2/c2*1-11(2)13-5-4-6-14(15(13)10-17(20)21-3)12-7-8-19-16(18)9-12/h4-9,11H,10H2,1-3H3;4-9H,1,10H2,2-3H3. The van der Waals surface area contributed by atoms with Gasteiger partial charge in [-0.2, -0.15) is 8.78 Å². The number of esters is 2. The molecule has 218 valence electrons. The molecule has 0 bridgehead atoms. The zero-order valence-corrected chi connectivity index (χ0v) is 24.4. The smallest absolute Gasteiger partial charge is 0.310 e. The SMILES string of the molecule is C=C(C)c1cccc(-c2ccnc(F)c2)c1CC(=O)OC.COC(=O)Cc1c(-c2ccnc(F)c2)cccc1C(C)C. The Hall–Kier alpha value is -4.72. The lowest BCUT2D eigenvalue weighted by Crippen LogP contribution is -2.09. The van der Waals surface area contributed by atoms with E-state index in [2.05, 4.69) is 30.4 Å². The van der Waals surface area contributed by atoms with Crippen LogP contribution in [0.25, 0.3) is 27.8 Å². The van der Waals surface area contributed by atoms with Gasteiger partial charge in [0.05, 0.1) is 27.1 Å². The van der Waals surface area contributed by atoms with Crippen molar-refractivity contribution in [3.8, 4) is 22.3 Å². The van der Waals surface area contributed by atoms with E-state index in [0.29, 0.717) is 11.1 Å². The van der Waals surface area contributed by atoms with Crippen molar-refractivity contribution in [2.24, 2.45) is 0 Å². The van der Waals surface area contributed by atoms with E-state index in [1.54, 1.807) is 12.1 Å². The summed E-state index contributed by atoms with van der Waals surface area (Å²) in [5.74, 6) is -1.49. The molecular weight excluding hydrogens is 538 g/mol. The number of allylic oxidation sites excluding steroid dienone is 1. The van der Waals surface area contributed by atoms with Crippen LogP contribution in [0.3, 0.4) is 0 Å². The van der Waals surface area contributed by atoms with Crippen LogP contribution in [0.15, 0.2) is 79.6 Å². The fourth-order valence-corrected chi connectivity index (χ4v) is 4.63. The minimum atomic E-state index is -0.558. The lowest BCUT2D eigenvalue weighted by atomic mass is 9.89. The van der Waals surface area contributed by atoms with Crippen LogP contribution in [0.5, 0.6) is 0 Å². The molecule has 0 aliphatic rings. The number of rotatable bonds is 8. The van der Waals surface area contributed by atoms with Crippen molar-refractivity contribution in [3.05, 3.63) is 114 Å². The Balaban J connectivity index is 0.000000230. The molecule has 0 radical (unpaired) electrons. The van der Waals surface area contributed by atoms with Gasteiger partial charge in [-0.15, -0.1) is 0 Å². The molecule has 0 unspecified atom stereocenters. The monoisotopic (exact) mass is 572 g/mol. The number of benzene rings is 2. The number of carbonyl (C=O) groups is 2. The van der Waals surface area contributed by atoms with Crippen LogP contribution < -0.4 is 0 Å². The molecule has 0 aliphatic carbocycles.